The monoisotopic (exact) mass is 773 g/mol. The molecule has 5 aromatic rings. The molecule has 14 heteroatoms. The molecule has 0 spiro atoms. The van der Waals surface area contributed by atoms with Crippen molar-refractivity contribution in [3.8, 4) is 0 Å². The third kappa shape index (κ3) is 18.5. The van der Waals surface area contributed by atoms with Crippen molar-refractivity contribution >= 4 is 23.3 Å². The first-order chi connectivity index (χ1) is 26.3. The SMILES string of the molecule is CC(C)C(=O)C1=CCC(=O)N1.CC(C)C(=O)c1cc[nH]c1.CC(C)C(=O)c1ccc[nH]1.CC(C)c1c[nH]c(=O)[nH]1.CC(C)c1cn[nH]c1.CC(C)c1cnc[nH]1. The maximum Gasteiger partial charge on any atom is 0.323 e. The first-order valence-corrected chi connectivity index (χ1v) is 19.0. The number of amides is 1. The number of nitrogens with one attached hydrogen (secondary N) is 7. The third-order valence-electron chi connectivity index (χ3n) is 7.92. The third-order valence-corrected chi connectivity index (χ3v) is 7.92. The molecule has 1 aliphatic rings. The van der Waals surface area contributed by atoms with Crippen LogP contribution in [-0.2, 0) is 9.59 Å². The number of aromatic amines is 6. The molecule has 0 aliphatic carbocycles. The number of ketones is 3. The second-order valence-corrected chi connectivity index (χ2v) is 14.8. The molecule has 6 rings (SSSR count). The predicted octanol–water partition coefficient (Wildman–Crippen LogP) is 8.21. The number of carbonyl (C=O) groups is 4. The molecule has 56 heavy (non-hydrogen) atoms. The Labute approximate surface area is 330 Å². The molecule has 0 aromatic carbocycles. The van der Waals surface area contributed by atoms with Gasteiger partial charge in [-0.2, -0.15) is 5.10 Å². The summed E-state index contributed by atoms with van der Waals surface area (Å²) in [5, 5.41) is 9.09. The van der Waals surface area contributed by atoms with E-state index in [0.29, 0.717) is 35.6 Å². The molecule has 1 aliphatic heterocycles. The number of Topliss-reactive ketones (excluding diaryl/α,β-unsaturated/α-hetero) is 3. The van der Waals surface area contributed by atoms with Gasteiger partial charge in [-0.05, 0) is 47.6 Å². The Morgan fingerprint density at radius 2 is 1.30 bits per heavy atom. The van der Waals surface area contributed by atoms with Gasteiger partial charge < -0.3 is 30.2 Å². The van der Waals surface area contributed by atoms with Crippen LogP contribution in [0.4, 0.5) is 0 Å². The Balaban J connectivity index is 0.000000337. The van der Waals surface area contributed by atoms with Crippen molar-refractivity contribution in [2.45, 2.75) is 107 Å². The van der Waals surface area contributed by atoms with Gasteiger partial charge in [0.2, 0.25) is 5.91 Å². The second kappa shape index (κ2) is 25.3. The standard InChI is InChI=1S/C8H11NO2.2C8H11NO.C6H10N2O.2C6H10N2/c1-5(2)8(11)6-3-4-7(10)9-6;1-6(2)8(10)7-3-4-9-5-7;1-6(2)8(10)7-4-3-5-9-7;1-4(2)5-3-7-6(9)8-5;1-5(2)6-3-7-4-8-6;1-5(2)6-3-7-8-4-6/h3,5H,4H2,1-2H3,(H,9,10);2*3-6,9H,1-2H3;3-4H,1-2H3,(H2,7,8,9);2*3-5H,1-2H3,(H,7,8). The molecule has 0 radical (unpaired) electrons. The van der Waals surface area contributed by atoms with E-state index in [1.165, 1.54) is 11.3 Å². The Morgan fingerprint density at radius 1 is 0.661 bits per heavy atom. The maximum atomic E-state index is 11.2. The highest BCUT2D eigenvalue weighted by Crippen LogP contribution is 2.11. The fraction of sp³-hybridized carbons (Fsp3) is 0.452. The quantitative estimate of drug-likeness (QED) is 0.0727. The summed E-state index contributed by atoms with van der Waals surface area (Å²) < 4.78 is 0. The fourth-order valence-electron chi connectivity index (χ4n) is 4.34. The van der Waals surface area contributed by atoms with Crippen LogP contribution in [0.5, 0.6) is 0 Å². The highest BCUT2D eigenvalue weighted by molar-refractivity contribution is 6.03. The van der Waals surface area contributed by atoms with Gasteiger partial charge in [-0.25, -0.2) is 9.78 Å². The number of nitrogens with zero attached hydrogens (tertiary/aromatic N) is 2. The molecule has 306 valence electrons. The summed E-state index contributed by atoms with van der Waals surface area (Å²) in [6, 6.07) is 5.42. The van der Waals surface area contributed by atoms with Gasteiger partial charge in [0.15, 0.2) is 17.3 Å². The van der Waals surface area contributed by atoms with E-state index in [0.717, 1.165) is 11.3 Å². The zero-order chi connectivity index (χ0) is 42.4. The topological polar surface area (TPSA) is 218 Å². The average molecular weight is 774 g/mol. The summed E-state index contributed by atoms with van der Waals surface area (Å²) in [6.45, 7) is 23.8. The van der Waals surface area contributed by atoms with Crippen LogP contribution in [-0.4, -0.2) is 63.4 Å². The number of hydrogen-bond donors (Lipinski definition) is 7. The van der Waals surface area contributed by atoms with Crippen molar-refractivity contribution in [3.63, 3.8) is 0 Å². The summed E-state index contributed by atoms with van der Waals surface area (Å²) in [4.78, 5) is 72.5. The molecule has 0 saturated heterocycles. The smallest absolute Gasteiger partial charge is 0.323 e. The number of carbonyl (C=O) groups excluding carboxylic acids is 4. The van der Waals surface area contributed by atoms with Crippen LogP contribution in [0.15, 0.2) is 84.5 Å². The van der Waals surface area contributed by atoms with Crippen molar-refractivity contribution in [2.75, 3.05) is 0 Å². The van der Waals surface area contributed by atoms with E-state index in [-0.39, 0.29) is 46.7 Å². The molecule has 0 atom stereocenters. The van der Waals surface area contributed by atoms with Gasteiger partial charge in [0.05, 0.1) is 23.9 Å². The highest BCUT2D eigenvalue weighted by Gasteiger charge is 2.20. The van der Waals surface area contributed by atoms with Gasteiger partial charge in [-0.3, -0.25) is 24.3 Å². The van der Waals surface area contributed by atoms with Crippen LogP contribution in [0.25, 0.3) is 0 Å². The van der Waals surface area contributed by atoms with E-state index in [1.807, 2.05) is 80.0 Å². The number of rotatable bonds is 9. The van der Waals surface area contributed by atoms with E-state index in [2.05, 4.69) is 73.1 Å². The normalized spacial score (nSPS) is 11.6. The minimum Gasteiger partial charge on any atom is -0.367 e. The molecule has 0 bridgehead atoms. The van der Waals surface area contributed by atoms with Gasteiger partial charge in [-0.15, -0.1) is 0 Å². The number of imidazole rings is 2. The number of H-pyrrole nitrogens is 6. The molecule has 14 nitrogen and oxygen atoms in total. The van der Waals surface area contributed by atoms with E-state index >= 15 is 0 Å². The second-order valence-electron chi connectivity index (χ2n) is 14.8. The maximum absolute atomic E-state index is 11.2. The van der Waals surface area contributed by atoms with Crippen molar-refractivity contribution < 1.29 is 19.2 Å². The summed E-state index contributed by atoms with van der Waals surface area (Å²) in [5.41, 5.74) is 5.24. The Bertz CT molecular complexity index is 1800. The number of hydrogen-bond acceptors (Lipinski definition) is 7. The first kappa shape index (κ1) is 48.2. The van der Waals surface area contributed by atoms with E-state index in [9.17, 15) is 24.0 Å². The lowest BCUT2D eigenvalue weighted by molar-refractivity contribution is -0.122. The summed E-state index contributed by atoms with van der Waals surface area (Å²) >= 11 is 0. The van der Waals surface area contributed by atoms with Gasteiger partial charge in [-0.1, -0.05) is 83.1 Å². The minimum atomic E-state index is -0.126. The zero-order valence-electron chi connectivity index (χ0n) is 35.0. The molecule has 1 amide bonds. The van der Waals surface area contributed by atoms with Gasteiger partial charge in [0, 0.05) is 78.3 Å². The molecule has 0 saturated carbocycles. The van der Waals surface area contributed by atoms with E-state index in [1.54, 1.807) is 49.3 Å². The molecule has 0 unspecified atom stereocenters. The Hall–Kier alpha value is -5.79. The summed E-state index contributed by atoms with van der Waals surface area (Å²) in [6.07, 6.45) is 16.3. The van der Waals surface area contributed by atoms with Crippen LogP contribution >= 0.6 is 0 Å². The summed E-state index contributed by atoms with van der Waals surface area (Å²) in [7, 11) is 0. The predicted molar refractivity (Wildman–Crippen MR) is 221 cm³/mol. The average Bonchev–Trinajstić information content (AvgIpc) is 4.01. The van der Waals surface area contributed by atoms with Crippen molar-refractivity contribution in [3.05, 3.63) is 118 Å². The molecular weight excluding hydrogens is 711 g/mol. The molecule has 0 fully saturated rings. The van der Waals surface area contributed by atoms with Crippen LogP contribution < -0.4 is 11.0 Å². The molecule has 7 N–H and O–H groups in total. The lowest BCUT2D eigenvalue weighted by atomic mass is 10.0. The fourth-order valence-corrected chi connectivity index (χ4v) is 4.34. The Morgan fingerprint density at radius 3 is 1.62 bits per heavy atom. The lowest BCUT2D eigenvalue weighted by Gasteiger charge is -2.03. The molecule has 6 heterocycles. The van der Waals surface area contributed by atoms with Crippen LogP contribution in [0, 0.1) is 17.8 Å². The van der Waals surface area contributed by atoms with Crippen molar-refractivity contribution in [1.82, 2.24) is 45.4 Å². The minimum absolute atomic E-state index is 0.0100. The highest BCUT2D eigenvalue weighted by atomic mass is 16.2. The number of aromatic nitrogens is 8. The first-order valence-electron chi connectivity index (χ1n) is 19.0. The van der Waals surface area contributed by atoms with Crippen LogP contribution in [0.2, 0.25) is 0 Å². The summed E-state index contributed by atoms with van der Waals surface area (Å²) in [5.74, 6) is 1.97. The zero-order valence-corrected chi connectivity index (χ0v) is 35.0. The Kier molecular flexibility index (Phi) is 21.8. The van der Waals surface area contributed by atoms with Crippen LogP contribution in [0.1, 0.15) is 145 Å². The van der Waals surface area contributed by atoms with Gasteiger partial charge in [0.1, 0.15) is 0 Å². The van der Waals surface area contributed by atoms with E-state index < -0.39 is 0 Å². The van der Waals surface area contributed by atoms with Gasteiger partial charge >= 0.3 is 5.69 Å². The number of allylic oxidation sites excluding steroid dienone is 1. The van der Waals surface area contributed by atoms with Crippen molar-refractivity contribution in [1.29, 1.82) is 0 Å². The van der Waals surface area contributed by atoms with Crippen LogP contribution in [0.3, 0.4) is 0 Å². The molecule has 5 aromatic heterocycles. The van der Waals surface area contributed by atoms with Crippen molar-refractivity contribution in [2.24, 2.45) is 17.8 Å². The van der Waals surface area contributed by atoms with E-state index in [4.69, 9.17) is 0 Å². The van der Waals surface area contributed by atoms with Gasteiger partial charge in [0.25, 0.3) is 0 Å². The largest absolute Gasteiger partial charge is 0.367 e. The lowest BCUT2D eigenvalue weighted by Crippen LogP contribution is -2.23. The molecular formula is C42H63N9O5.